The van der Waals surface area contributed by atoms with E-state index in [0.717, 1.165) is 21.1 Å². The van der Waals surface area contributed by atoms with Gasteiger partial charge < -0.3 is 14.2 Å². The molecule has 0 radical (unpaired) electrons. The van der Waals surface area contributed by atoms with Crippen molar-refractivity contribution in [3.8, 4) is 17.2 Å². The van der Waals surface area contributed by atoms with E-state index in [1.807, 2.05) is 0 Å². The van der Waals surface area contributed by atoms with Crippen molar-refractivity contribution in [3.05, 3.63) is 52.6 Å². The van der Waals surface area contributed by atoms with Crippen LogP contribution in [0.25, 0.3) is 0 Å². The molecule has 2 aromatic rings. The first kappa shape index (κ1) is 27.1. The molecule has 2 rings (SSSR count). The van der Waals surface area contributed by atoms with Crippen LogP contribution in [-0.2, 0) is 16.9 Å². The molecule has 0 spiro atoms. The summed E-state index contributed by atoms with van der Waals surface area (Å²) < 4.78 is 109. The number of halogens is 6. The summed E-state index contributed by atoms with van der Waals surface area (Å²) in [6.45, 7) is 0.814. The van der Waals surface area contributed by atoms with Gasteiger partial charge in [-0.1, -0.05) is 10.6 Å². The van der Waals surface area contributed by atoms with Crippen LogP contribution in [0.4, 0.5) is 26.3 Å². The Kier molecular flexibility index (Phi) is 7.98. The Labute approximate surface area is 190 Å². The van der Waals surface area contributed by atoms with Gasteiger partial charge in [0.25, 0.3) is 0 Å². The highest BCUT2D eigenvalue weighted by atomic mass is 31.1. The van der Waals surface area contributed by atoms with E-state index in [0.29, 0.717) is 18.2 Å². The Morgan fingerprint density at radius 3 is 1.62 bits per heavy atom. The van der Waals surface area contributed by atoms with Gasteiger partial charge in [0.2, 0.25) is 11.4 Å². The number of methoxy groups -OCH3 is 3. The number of alkyl halides is 6. The molecule has 0 heterocycles. The van der Waals surface area contributed by atoms with Crippen molar-refractivity contribution >= 4 is 19.1 Å². The molecule has 0 amide bonds. The summed E-state index contributed by atoms with van der Waals surface area (Å²) in [4.78, 5) is 25.8. The molecule has 6 nitrogen and oxygen atoms in total. The van der Waals surface area contributed by atoms with Gasteiger partial charge in [0, 0.05) is 17.7 Å². The summed E-state index contributed by atoms with van der Waals surface area (Å²) in [5, 5.41) is 0. The van der Waals surface area contributed by atoms with Crippen molar-refractivity contribution in [1.29, 1.82) is 0 Å². The zero-order valence-electron chi connectivity index (χ0n) is 18.1. The maximum absolute atomic E-state index is 13.4. The van der Waals surface area contributed by atoms with E-state index < -0.39 is 59.4 Å². The van der Waals surface area contributed by atoms with Crippen molar-refractivity contribution in [1.82, 2.24) is 0 Å². The van der Waals surface area contributed by atoms with Crippen LogP contribution < -0.4 is 14.2 Å². The minimum absolute atomic E-state index is 0.179. The highest BCUT2D eigenvalue weighted by Crippen LogP contribution is 2.45. The lowest BCUT2D eigenvalue weighted by Gasteiger charge is -2.18. The quantitative estimate of drug-likeness (QED) is 0.246. The lowest BCUT2D eigenvalue weighted by molar-refractivity contribution is -0.143. The molecular formula is C21H18F6O6P+. The van der Waals surface area contributed by atoms with Gasteiger partial charge in [-0.15, -0.1) is 0 Å². The van der Waals surface area contributed by atoms with Crippen molar-refractivity contribution in [2.75, 3.05) is 21.3 Å². The number of Topliss-reactive ketones (excluding diaryl/α,β-unsaturated/α-hetero) is 1. The van der Waals surface area contributed by atoms with Crippen molar-refractivity contribution in [2.24, 2.45) is 0 Å². The molecule has 2 atom stereocenters. The van der Waals surface area contributed by atoms with E-state index in [-0.39, 0.29) is 17.2 Å². The Balaban J connectivity index is 2.61. The predicted molar refractivity (Wildman–Crippen MR) is 108 cm³/mol. The monoisotopic (exact) mass is 511 g/mol. The third-order valence-electron chi connectivity index (χ3n) is 4.78. The predicted octanol–water partition coefficient (Wildman–Crippen LogP) is 5.99. The second-order valence-corrected chi connectivity index (χ2v) is 8.63. The number of hydrogen-bond donors (Lipinski definition) is 0. The molecule has 2 aromatic carbocycles. The topological polar surface area (TPSA) is 78.9 Å². The molecule has 0 saturated carbocycles. The van der Waals surface area contributed by atoms with Gasteiger partial charge in [-0.2, -0.15) is 26.3 Å². The second-order valence-electron chi connectivity index (χ2n) is 6.80. The summed E-state index contributed by atoms with van der Waals surface area (Å²) in [5.41, 5.74) is -9.12. The first-order valence-electron chi connectivity index (χ1n) is 9.31. The lowest BCUT2D eigenvalue weighted by Crippen LogP contribution is -2.25. The fraction of sp³-hybridized carbons (Fsp3) is 0.333. The number of carbonyl (C=O) groups is 2. The molecule has 0 saturated heterocycles. The molecule has 0 aromatic heterocycles. The average Bonchev–Trinajstić information content (AvgIpc) is 2.79. The van der Waals surface area contributed by atoms with E-state index in [1.54, 1.807) is 0 Å². The van der Waals surface area contributed by atoms with Crippen molar-refractivity contribution in [3.63, 3.8) is 0 Å². The van der Waals surface area contributed by atoms with Gasteiger partial charge in [-0.25, -0.2) is 4.79 Å². The molecule has 0 fully saturated rings. The summed E-state index contributed by atoms with van der Waals surface area (Å²) in [5.74, 6) is -1.94. The van der Waals surface area contributed by atoms with Gasteiger partial charge in [0.05, 0.1) is 32.5 Å². The zero-order valence-corrected chi connectivity index (χ0v) is 19.0. The summed E-state index contributed by atoms with van der Waals surface area (Å²) in [6, 6.07) is 3.57. The van der Waals surface area contributed by atoms with Crippen LogP contribution in [0.15, 0.2) is 30.3 Å². The number of ether oxygens (including phenoxy) is 3. The summed E-state index contributed by atoms with van der Waals surface area (Å²) >= 11 is 0. The molecule has 184 valence electrons. The largest absolute Gasteiger partial charge is 0.496 e. The van der Waals surface area contributed by atoms with Crippen LogP contribution in [0.5, 0.6) is 17.2 Å². The highest BCUT2D eigenvalue weighted by Gasteiger charge is 2.49. The van der Waals surface area contributed by atoms with Gasteiger partial charge in [-0.3, -0.25) is 4.79 Å². The number of carbonyl (C=O) groups excluding carboxylic acids is 2. The molecule has 0 aliphatic rings. The highest BCUT2D eigenvalue weighted by molar-refractivity contribution is 7.66. The Morgan fingerprint density at radius 1 is 0.824 bits per heavy atom. The van der Waals surface area contributed by atoms with Crippen LogP contribution >= 0.6 is 7.80 Å². The SMILES string of the molecule is COc1cc(OC)c(C(=O)[P+](=O)C(C)C(=O)c2c(C(F)(F)F)cccc2C(F)(F)F)c(OC)c1. The minimum atomic E-state index is -5.32. The molecule has 2 unspecified atom stereocenters. The van der Waals surface area contributed by atoms with E-state index in [2.05, 4.69) is 0 Å². The smallest absolute Gasteiger partial charge is 0.431 e. The second kappa shape index (κ2) is 10.0. The van der Waals surface area contributed by atoms with Gasteiger partial charge >= 0.3 is 25.7 Å². The van der Waals surface area contributed by atoms with Crippen LogP contribution in [0.1, 0.15) is 38.8 Å². The van der Waals surface area contributed by atoms with Crippen LogP contribution in [0, 0.1) is 0 Å². The van der Waals surface area contributed by atoms with Crippen molar-refractivity contribution in [2.45, 2.75) is 24.9 Å². The molecule has 34 heavy (non-hydrogen) atoms. The molecular weight excluding hydrogens is 493 g/mol. The van der Waals surface area contributed by atoms with E-state index in [4.69, 9.17) is 14.2 Å². The minimum Gasteiger partial charge on any atom is -0.496 e. The number of ketones is 1. The number of hydrogen-bond acceptors (Lipinski definition) is 6. The summed E-state index contributed by atoms with van der Waals surface area (Å²) in [6.07, 6.45) is -10.6. The molecule has 0 aliphatic heterocycles. The summed E-state index contributed by atoms with van der Waals surface area (Å²) in [7, 11) is 0.238. The molecule has 13 heteroatoms. The van der Waals surface area contributed by atoms with E-state index in [9.17, 15) is 40.5 Å². The molecule has 0 bridgehead atoms. The van der Waals surface area contributed by atoms with E-state index >= 15 is 0 Å². The van der Waals surface area contributed by atoms with E-state index in [1.165, 1.54) is 19.2 Å². The molecule has 0 aliphatic carbocycles. The fourth-order valence-corrected chi connectivity index (χ4v) is 4.24. The first-order chi connectivity index (χ1) is 15.7. The Bertz CT molecular complexity index is 1070. The normalized spacial score (nSPS) is 13.2. The standard InChI is InChI=1S/C21H18F6O6P/c1-10(18(28)16-12(20(22,23)24)6-5-7-13(16)21(25,26)27)34(30)19(29)17-14(32-3)8-11(31-2)9-15(17)33-4/h5-10H,1-4H3/q+1. The Morgan fingerprint density at radius 2 is 1.26 bits per heavy atom. The first-order valence-corrected chi connectivity index (χ1v) is 10.6. The van der Waals surface area contributed by atoms with Crippen LogP contribution in [0.3, 0.4) is 0 Å². The van der Waals surface area contributed by atoms with Crippen LogP contribution in [-0.4, -0.2) is 38.3 Å². The number of benzene rings is 2. The van der Waals surface area contributed by atoms with Gasteiger partial charge in [0.1, 0.15) is 17.2 Å². The maximum Gasteiger partial charge on any atom is 0.431 e. The van der Waals surface area contributed by atoms with Crippen LogP contribution in [0.2, 0.25) is 0 Å². The average molecular weight is 511 g/mol. The van der Waals surface area contributed by atoms with Gasteiger partial charge in [0.15, 0.2) is 5.56 Å². The number of rotatable bonds is 8. The third kappa shape index (κ3) is 5.32. The fourth-order valence-electron chi connectivity index (χ4n) is 3.11. The van der Waals surface area contributed by atoms with Crippen molar-refractivity contribution < 1.29 is 54.7 Å². The maximum atomic E-state index is 13.4. The Hall–Kier alpha value is -3.14. The lowest BCUT2D eigenvalue weighted by atomic mass is 9.95. The molecule has 0 N–H and O–H groups in total. The third-order valence-corrected chi connectivity index (χ3v) is 6.34. The van der Waals surface area contributed by atoms with Gasteiger partial charge in [-0.05, 0) is 19.1 Å². The zero-order chi connectivity index (χ0) is 26.0.